The number of halogens is 1. The molecular formula is C9H9FO3. The Balaban J connectivity index is 2.91. The summed E-state index contributed by atoms with van der Waals surface area (Å²) in [6.45, 7) is 1.21. The lowest BCUT2D eigenvalue weighted by atomic mass is 10.3. The van der Waals surface area contributed by atoms with Crippen LogP contribution in [0.5, 0.6) is 11.5 Å². The van der Waals surface area contributed by atoms with Crippen molar-refractivity contribution in [2.75, 3.05) is 7.11 Å². The molecule has 1 aromatic carbocycles. The molecule has 0 saturated carbocycles. The summed E-state index contributed by atoms with van der Waals surface area (Å²) in [5.41, 5.74) is 0. The van der Waals surface area contributed by atoms with Crippen LogP contribution in [0.4, 0.5) is 4.39 Å². The normalized spacial score (nSPS) is 9.46. The minimum Gasteiger partial charge on any atom is -0.497 e. The first-order chi connectivity index (χ1) is 6.13. The fourth-order valence-electron chi connectivity index (χ4n) is 0.846. The van der Waals surface area contributed by atoms with Crippen molar-refractivity contribution in [3.05, 3.63) is 24.0 Å². The van der Waals surface area contributed by atoms with E-state index in [1.165, 1.54) is 26.2 Å². The average Bonchev–Trinajstić information content (AvgIpc) is 2.08. The van der Waals surface area contributed by atoms with Crippen molar-refractivity contribution in [2.45, 2.75) is 6.92 Å². The van der Waals surface area contributed by atoms with Gasteiger partial charge in [-0.25, -0.2) is 4.39 Å². The molecule has 0 saturated heterocycles. The number of rotatable bonds is 2. The predicted molar refractivity (Wildman–Crippen MR) is 44.3 cm³/mol. The molecule has 0 spiro atoms. The summed E-state index contributed by atoms with van der Waals surface area (Å²) in [6.07, 6.45) is 0. The third kappa shape index (κ3) is 2.43. The van der Waals surface area contributed by atoms with Crippen LogP contribution < -0.4 is 9.47 Å². The molecule has 0 N–H and O–H groups in total. The number of hydrogen-bond donors (Lipinski definition) is 0. The van der Waals surface area contributed by atoms with Gasteiger partial charge in [0.1, 0.15) is 5.75 Å². The minimum absolute atomic E-state index is 0.0895. The Hall–Kier alpha value is -1.58. The standard InChI is InChI=1S/C9H9FO3/c1-6(11)13-9-4-3-7(12-2)5-8(9)10/h3-5H,1-2H3. The van der Waals surface area contributed by atoms with Gasteiger partial charge in [-0.3, -0.25) is 4.79 Å². The largest absolute Gasteiger partial charge is 0.497 e. The Bertz CT molecular complexity index is 323. The van der Waals surface area contributed by atoms with Crippen molar-refractivity contribution < 1.29 is 18.7 Å². The van der Waals surface area contributed by atoms with Crippen molar-refractivity contribution in [2.24, 2.45) is 0 Å². The molecule has 0 fully saturated rings. The number of carbonyl (C=O) groups excluding carboxylic acids is 1. The van der Waals surface area contributed by atoms with Crippen LogP contribution in [0.3, 0.4) is 0 Å². The van der Waals surface area contributed by atoms with Crippen molar-refractivity contribution in [1.82, 2.24) is 0 Å². The molecule has 0 amide bonds. The number of hydrogen-bond acceptors (Lipinski definition) is 3. The number of ether oxygens (including phenoxy) is 2. The summed E-state index contributed by atoms with van der Waals surface area (Å²) in [6, 6.07) is 4.01. The topological polar surface area (TPSA) is 35.5 Å². The van der Waals surface area contributed by atoms with Gasteiger partial charge in [-0.05, 0) is 12.1 Å². The number of esters is 1. The molecule has 70 valence electrons. The molecule has 4 heteroatoms. The minimum atomic E-state index is -0.616. The molecule has 0 heterocycles. The third-order valence-corrected chi connectivity index (χ3v) is 1.39. The SMILES string of the molecule is COc1ccc(OC(C)=O)c(F)c1. The quantitative estimate of drug-likeness (QED) is 0.519. The average molecular weight is 184 g/mol. The highest BCUT2D eigenvalue weighted by Gasteiger charge is 2.06. The van der Waals surface area contributed by atoms with Gasteiger partial charge in [0, 0.05) is 13.0 Å². The van der Waals surface area contributed by atoms with E-state index in [4.69, 9.17) is 4.74 Å². The van der Waals surface area contributed by atoms with Crippen molar-refractivity contribution in [1.29, 1.82) is 0 Å². The maximum atomic E-state index is 13.0. The summed E-state index contributed by atoms with van der Waals surface area (Å²) in [4.78, 5) is 10.5. The van der Waals surface area contributed by atoms with E-state index in [2.05, 4.69) is 4.74 Å². The van der Waals surface area contributed by atoms with E-state index in [9.17, 15) is 9.18 Å². The maximum absolute atomic E-state index is 13.0. The lowest BCUT2D eigenvalue weighted by Crippen LogP contribution is -2.03. The monoisotopic (exact) mass is 184 g/mol. The summed E-state index contributed by atoms with van der Waals surface area (Å²) in [5.74, 6) is -0.875. The van der Waals surface area contributed by atoms with Crippen LogP contribution in [-0.4, -0.2) is 13.1 Å². The highest BCUT2D eigenvalue weighted by atomic mass is 19.1. The van der Waals surface area contributed by atoms with Crippen LogP contribution in [0.25, 0.3) is 0 Å². The first-order valence-corrected chi connectivity index (χ1v) is 3.65. The van der Waals surface area contributed by atoms with Crippen LogP contribution in [-0.2, 0) is 4.79 Å². The van der Waals surface area contributed by atoms with E-state index in [-0.39, 0.29) is 5.75 Å². The number of methoxy groups -OCH3 is 1. The summed E-state index contributed by atoms with van der Waals surface area (Å²) >= 11 is 0. The molecule has 0 aliphatic rings. The number of carbonyl (C=O) groups is 1. The fourth-order valence-corrected chi connectivity index (χ4v) is 0.846. The second-order valence-electron chi connectivity index (χ2n) is 2.39. The van der Waals surface area contributed by atoms with E-state index in [0.29, 0.717) is 5.75 Å². The molecule has 13 heavy (non-hydrogen) atoms. The van der Waals surface area contributed by atoms with Crippen LogP contribution in [0.2, 0.25) is 0 Å². The van der Waals surface area contributed by atoms with Crippen molar-refractivity contribution >= 4 is 5.97 Å². The second kappa shape index (κ2) is 3.89. The van der Waals surface area contributed by atoms with Gasteiger partial charge < -0.3 is 9.47 Å². The lowest BCUT2D eigenvalue weighted by Gasteiger charge is -2.04. The van der Waals surface area contributed by atoms with Gasteiger partial charge in [-0.1, -0.05) is 0 Å². The second-order valence-corrected chi connectivity index (χ2v) is 2.39. The Labute approximate surface area is 75.1 Å². The number of benzene rings is 1. The van der Waals surface area contributed by atoms with Gasteiger partial charge in [-0.2, -0.15) is 0 Å². The first-order valence-electron chi connectivity index (χ1n) is 3.65. The lowest BCUT2D eigenvalue weighted by molar-refractivity contribution is -0.132. The van der Waals surface area contributed by atoms with Crippen molar-refractivity contribution in [3.63, 3.8) is 0 Å². The highest BCUT2D eigenvalue weighted by Crippen LogP contribution is 2.22. The van der Waals surface area contributed by atoms with Crippen LogP contribution in [0, 0.1) is 5.82 Å². The zero-order valence-corrected chi connectivity index (χ0v) is 7.33. The van der Waals surface area contributed by atoms with Crippen LogP contribution in [0.15, 0.2) is 18.2 Å². The van der Waals surface area contributed by atoms with Gasteiger partial charge >= 0.3 is 5.97 Å². The molecular weight excluding hydrogens is 175 g/mol. The van der Waals surface area contributed by atoms with E-state index in [0.717, 1.165) is 6.07 Å². The van der Waals surface area contributed by atoms with Crippen LogP contribution in [0.1, 0.15) is 6.92 Å². The maximum Gasteiger partial charge on any atom is 0.308 e. The van der Waals surface area contributed by atoms with Gasteiger partial charge in [0.2, 0.25) is 0 Å². The summed E-state index contributed by atoms with van der Waals surface area (Å²) < 4.78 is 22.4. The smallest absolute Gasteiger partial charge is 0.308 e. The molecule has 0 bridgehead atoms. The van der Waals surface area contributed by atoms with Gasteiger partial charge in [0.05, 0.1) is 7.11 Å². The van der Waals surface area contributed by atoms with E-state index >= 15 is 0 Å². The van der Waals surface area contributed by atoms with Crippen LogP contribution >= 0.6 is 0 Å². The fraction of sp³-hybridized carbons (Fsp3) is 0.222. The summed E-state index contributed by atoms with van der Waals surface area (Å²) in [5, 5.41) is 0. The van der Waals surface area contributed by atoms with E-state index < -0.39 is 11.8 Å². The molecule has 1 rings (SSSR count). The Morgan fingerprint density at radius 1 is 1.46 bits per heavy atom. The van der Waals surface area contributed by atoms with Gasteiger partial charge in [-0.15, -0.1) is 0 Å². The molecule has 0 atom stereocenters. The molecule has 3 nitrogen and oxygen atoms in total. The Kier molecular flexibility index (Phi) is 2.84. The van der Waals surface area contributed by atoms with E-state index in [1.54, 1.807) is 0 Å². The van der Waals surface area contributed by atoms with Crippen molar-refractivity contribution in [3.8, 4) is 11.5 Å². The molecule has 0 aliphatic heterocycles. The molecule has 1 aromatic rings. The third-order valence-electron chi connectivity index (χ3n) is 1.39. The molecule has 0 radical (unpaired) electrons. The van der Waals surface area contributed by atoms with Gasteiger partial charge in [0.25, 0.3) is 0 Å². The zero-order valence-electron chi connectivity index (χ0n) is 7.33. The molecule has 0 unspecified atom stereocenters. The summed E-state index contributed by atoms with van der Waals surface area (Å²) in [7, 11) is 1.43. The highest BCUT2D eigenvalue weighted by molar-refractivity contribution is 5.69. The van der Waals surface area contributed by atoms with E-state index in [1.807, 2.05) is 0 Å². The Morgan fingerprint density at radius 3 is 2.62 bits per heavy atom. The first kappa shape index (κ1) is 9.51. The Morgan fingerprint density at radius 2 is 2.15 bits per heavy atom. The zero-order chi connectivity index (χ0) is 9.84. The molecule has 0 aliphatic carbocycles. The molecule has 0 aromatic heterocycles. The van der Waals surface area contributed by atoms with Gasteiger partial charge in [0.15, 0.2) is 11.6 Å². The predicted octanol–water partition coefficient (Wildman–Crippen LogP) is 1.76.